The van der Waals surface area contributed by atoms with Crippen molar-refractivity contribution in [3.8, 4) is 0 Å². The molecule has 0 aliphatic heterocycles. The quantitative estimate of drug-likeness (QED) is 0.894. The third-order valence-corrected chi connectivity index (χ3v) is 4.27. The third-order valence-electron chi connectivity index (χ3n) is 3.93. The summed E-state index contributed by atoms with van der Waals surface area (Å²) in [4.78, 5) is 10.9. The van der Waals surface area contributed by atoms with Gasteiger partial charge in [0.15, 0.2) is 0 Å². The smallest absolute Gasteiger partial charge is 0.306 e. The normalized spacial score (nSPS) is 22.8. The van der Waals surface area contributed by atoms with Gasteiger partial charge in [-0.2, -0.15) is 0 Å². The van der Waals surface area contributed by atoms with E-state index in [9.17, 15) is 9.18 Å². The van der Waals surface area contributed by atoms with Gasteiger partial charge in [0.05, 0.1) is 5.92 Å². The van der Waals surface area contributed by atoms with Gasteiger partial charge in [0, 0.05) is 23.2 Å². The molecule has 1 fully saturated rings. The highest BCUT2D eigenvalue weighted by Crippen LogP contribution is 2.26. The molecule has 2 rings (SSSR count). The third kappa shape index (κ3) is 3.70. The molecular weight excluding hydrogens is 281 g/mol. The number of carbonyl (C=O) groups is 1. The Balaban J connectivity index is 1.89. The average molecular weight is 300 g/mol. The lowest BCUT2D eigenvalue weighted by atomic mass is 9.86. The van der Waals surface area contributed by atoms with Crippen LogP contribution in [-0.2, 0) is 11.3 Å². The molecular formula is C15H19ClFNO2. The zero-order chi connectivity index (χ0) is 14.7. The van der Waals surface area contributed by atoms with Gasteiger partial charge in [-0.15, -0.1) is 0 Å². The molecule has 0 amide bonds. The fourth-order valence-electron chi connectivity index (χ4n) is 2.69. The predicted octanol–water partition coefficient (Wildman–Crippen LogP) is 3.52. The van der Waals surface area contributed by atoms with Crippen molar-refractivity contribution in [1.29, 1.82) is 0 Å². The first-order chi connectivity index (χ1) is 9.47. The molecule has 110 valence electrons. The Morgan fingerprint density at radius 3 is 2.60 bits per heavy atom. The van der Waals surface area contributed by atoms with Crippen LogP contribution in [-0.4, -0.2) is 17.1 Å². The zero-order valence-electron chi connectivity index (χ0n) is 11.5. The molecule has 1 aliphatic carbocycles. The number of benzene rings is 1. The summed E-state index contributed by atoms with van der Waals surface area (Å²) < 4.78 is 13.8. The van der Waals surface area contributed by atoms with Gasteiger partial charge in [0.1, 0.15) is 5.82 Å². The highest BCUT2D eigenvalue weighted by Gasteiger charge is 2.25. The molecule has 0 atom stereocenters. The minimum atomic E-state index is -0.712. The first-order valence-corrected chi connectivity index (χ1v) is 7.26. The largest absolute Gasteiger partial charge is 0.481 e. The Morgan fingerprint density at radius 1 is 1.40 bits per heavy atom. The number of aliphatic carboxylic acids is 1. The van der Waals surface area contributed by atoms with E-state index in [4.69, 9.17) is 16.7 Å². The Hall–Kier alpha value is -1.13. The monoisotopic (exact) mass is 299 g/mol. The number of carboxylic acid groups (broad SMARTS) is 1. The summed E-state index contributed by atoms with van der Waals surface area (Å²) in [5, 5.41) is 12.7. The number of aryl methyl sites for hydroxylation is 1. The molecule has 0 spiro atoms. The molecule has 0 radical (unpaired) electrons. The minimum Gasteiger partial charge on any atom is -0.481 e. The number of carboxylic acids is 1. The van der Waals surface area contributed by atoms with Crippen molar-refractivity contribution in [2.24, 2.45) is 5.92 Å². The molecule has 1 saturated carbocycles. The van der Waals surface area contributed by atoms with E-state index in [-0.39, 0.29) is 17.8 Å². The van der Waals surface area contributed by atoms with E-state index in [1.54, 1.807) is 13.0 Å². The predicted molar refractivity (Wildman–Crippen MR) is 76.4 cm³/mol. The van der Waals surface area contributed by atoms with Gasteiger partial charge >= 0.3 is 5.97 Å². The number of hydrogen-bond acceptors (Lipinski definition) is 2. The second-order valence-electron chi connectivity index (χ2n) is 5.47. The number of halogens is 2. The van der Waals surface area contributed by atoms with E-state index >= 15 is 0 Å². The Labute approximate surface area is 123 Å². The van der Waals surface area contributed by atoms with Gasteiger partial charge in [-0.1, -0.05) is 11.6 Å². The fraction of sp³-hybridized carbons (Fsp3) is 0.533. The summed E-state index contributed by atoms with van der Waals surface area (Å²) in [6.07, 6.45) is 2.97. The van der Waals surface area contributed by atoms with Crippen LogP contribution in [0.15, 0.2) is 12.1 Å². The fourth-order valence-corrected chi connectivity index (χ4v) is 3.02. The van der Waals surface area contributed by atoms with Gasteiger partial charge in [-0.3, -0.25) is 4.79 Å². The van der Waals surface area contributed by atoms with Crippen molar-refractivity contribution in [1.82, 2.24) is 5.32 Å². The molecule has 0 bridgehead atoms. The minimum absolute atomic E-state index is 0.229. The van der Waals surface area contributed by atoms with Crippen LogP contribution < -0.4 is 5.32 Å². The summed E-state index contributed by atoms with van der Waals surface area (Å²) in [6.45, 7) is 2.19. The van der Waals surface area contributed by atoms with Gasteiger partial charge < -0.3 is 10.4 Å². The molecule has 20 heavy (non-hydrogen) atoms. The summed E-state index contributed by atoms with van der Waals surface area (Å²) >= 11 is 6.06. The topological polar surface area (TPSA) is 49.3 Å². The summed E-state index contributed by atoms with van der Waals surface area (Å²) in [5.74, 6) is -1.23. The van der Waals surface area contributed by atoms with E-state index in [1.165, 1.54) is 6.07 Å². The van der Waals surface area contributed by atoms with Crippen LogP contribution in [0.1, 0.15) is 36.8 Å². The number of hydrogen-bond donors (Lipinski definition) is 2. The van der Waals surface area contributed by atoms with Gasteiger partial charge in [-0.25, -0.2) is 4.39 Å². The van der Waals surface area contributed by atoms with Crippen molar-refractivity contribution in [2.75, 3.05) is 0 Å². The van der Waals surface area contributed by atoms with E-state index in [2.05, 4.69) is 5.32 Å². The van der Waals surface area contributed by atoms with Crippen LogP contribution in [0.5, 0.6) is 0 Å². The lowest BCUT2D eigenvalue weighted by Crippen LogP contribution is -2.34. The Morgan fingerprint density at radius 2 is 2.05 bits per heavy atom. The highest BCUT2D eigenvalue weighted by atomic mass is 35.5. The molecule has 1 aromatic rings. The summed E-state index contributed by atoms with van der Waals surface area (Å²) in [7, 11) is 0. The Bertz CT molecular complexity index is 476. The maximum Gasteiger partial charge on any atom is 0.306 e. The van der Waals surface area contributed by atoms with Crippen LogP contribution in [0.4, 0.5) is 4.39 Å². The van der Waals surface area contributed by atoms with Crippen molar-refractivity contribution in [3.05, 3.63) is 34.1 Å². The molecule has 0 unspecified atom stereocenters. The molecule has 0 aromatic heterocycles. The molecule has 1 aromatic carbocycles. The number of nitrogens with one attached hydrogen (secondary N) is 1. The van der Waals surface area contributed by atoms with E-state index < -0.39 is 5.97 Å². The van der Waals surface area contributed by atoms with Crippen LogP contribution in [0.3, 0.4) is 0 Å². The summed E-state index contributed by atoms with van der Waals surface area (Å²) in [6, 6.07) is 3.47. The SMILES string of the molecule is Cc1cc(F)c(CNC2CCC(C(=O)O)CC2)c(Cl)c1. The van der Waals surface area contributed by atoms with Gasteiger partial charge in [0.2, 0.25) is 0 Å². The van der Waals surface area contributed by atoms with Crippen LogP contribution in [0.2, 0.25) is 5.02 Å². The van der Waals surface area contributed by atoms with Crippen molar-refractivity contribution >= 4 is 17.6 Å². The molecule has 0 heterocycles. The van der Waals surface area contributed by atoms with Crippen LogP contribution in [0.25, 0.3) is 0 Å². The van der Waals surface area contributed by atoms with Crippen molar-refractivity contribution in [2.45, 2.75) is 45.2 Å². The average Bonchev–Trinajstić information content (AvgIpc) is 2.38. The standard InChI is InChI=1S/C15H19ClFNO2/c1-9-6-13(16)12(14(17)7-9)8-18-11-4-2-10(3-5-11)15(19)20/h6-7,10-11,18H,2-5,8H2,1H3,(H,19,20). The first kappa shape index (κ1) is 15.3. The van der Waals surface area contributed by atoms with Gasteiger partial charge in [0.25, 0.3) is 0 Å². The first-order valence-electron chi connectivity index (χ1n) is 6.88. The lowest BCUT2D eigenvalue weighted by Gasteiger charge is -2.27. The van der Waals surface area contributed by atoms with Gasteiger partial charge in [-0.05, 0) is 50.3 Å². The molecule has 2 N–H and O–H groups in total. The molecule has 0 saturated heterocycles. The lowest BCUT2D eigenvalue weighted by molar-refractivity contribution is -0.142. The molecule has 3 nitrogen and oxygen atoms in total. The van der Waals surface area contributed by atoms with E-state index in [1.807, 2.05) is 0 Å². The summed E-state index contributed by atoms with van der Waals surface area (Å²) in [5.41, 5.74) is 1.29. The number of rotatable bonds is 4. The highest BCUT2D eigenvalue weighted by molar-refractivity contribution is 6.31. The Kier molecular flexibility index (Phi) is 5.00. The maximum atomic E-state index is 13.8. The zero-order valence-corrected chi connectivity index (χ0v) is 12.2. The maximum absolute atomic E-state index is 13.8. The molecule has 5 heteroatoms. The van der Waals surface area contributed by atoms with Crippen LogP contribution >= 0.6 is 11.6 Å². The van der Waals surface area contributed by atoms with Crippen molar-refractivity contribution in [3.63, 3.8) is 0 Å². The van der Waals surface area contributed by atoms with E-state index in [0.29, 0.717) is 30.0 Å². The van der Waals surface area contributed by atoms with E-state index in [0.717, 1.165) is 18.4 Å². The second kappa shape index (κ2) is 6.55. The van der Waals surface area contributed by atoms with Crippen LogP contribution in [0, 0.1) is 18.7 Å². The second-order valence-corrected chi connectivity index (χ2v) is 5.88. The van der Waals surface area contributed by atoms with Crippen molar-refractivity contribution < 1.29 is 14.3 Å². The molecule has 1 aliphatic rings.